The molecule has 5 rings (SSSR count). The number of nitrogens with zero attached hydrogens (tertiary/aromatic N) is 2. The van der Waals surface area contributed by atoms with Gasteiger partial charge in [-0.1, -0.05) is 41.9 Å². The third-order valence-corrected chi connectivity index (χ3v) is 6.11. The maximum Gasteiger partial charge on any atom is 0.264 e. The Labute approximate surface area is 192 Å². The molecule has 2 N–H and O–H groups in total. The van der Waals surface area contributed by atoms with Crippen LogP contribution in [-0.2, 0) is 17.8 Å². The summed E-state index contributed by atoms with van der Waals surface area (Å²) < 4.78 is 6.22. The van der Waals surface area contributed by atoms with Gasteiger partial charge >= 0.3 is 0 Å². The smallest absolute Gasteiger partial charge is 0.264 e. The topological polar surface area (TPSA) is 66.5 Å². The lowest BCUT2D eigenvalue weighted by atomic mass is 10.0. The van der Waals surface area contributed by atoms with E-state index in [0.29, 0.717) is 31.1 Å². The zero-order valence-electron chi connectivity index (χ0n) is 17.7. The summed E-state index contributed by atoms with van der Waals surface area (Å²) in [5, 5.41) is 7.28. The van der Waals surface area contributed by atoms with Crippen molar-refractivity contribution < 1.29 is 9.53 Å². The molecule has 0 radical (unpaired) electrons. The van der Waals surface area contributed by atoms with Gasteiger partial charge in [-0.3, -0.25) is 4.79 Å². The van der Waals surface area contributed by atoms with Gasteiger partial charge in [0.05, 0.1) is 0 Å². The number of hydrogen-bond donors (Lipinski definition) is 2. The minimum absolute atomic E-state index is 0.0460. The summed E-state index contributed by atoms with van der Waals surface area (Å²) >= 11 is 6.44. The monoisotopic (exact) mass is 448 g/mol. The number of benzene rings is 2. The summed E-state index contributed by atoms with van der Waals surface area (Å²) in [6.45, 7) is 3.74. The number of halogens is 1. The SMILES string of the molecule is O=C(C1Cc2cc(Cl)cc(-c3ccnc(NCc4ccccc4)c3)c2O1)N1CCNCC1. The molecular weight excluding hydrogens is 424 g/mol. The summed E-state index contributed by atoms with van der Waals surface area (Å²) in [6.07, 6.45) is 1.81. The molecule has 3 heterocycles. The summed E-state index contributed by atoms with van der Waals surface area (Å²) in [6, 6.07) is 17.9. The van der Waals surface area contributed by atoms with Crippen LogP contribution in [0.3, 0.4) is 0 Å². The molecule has 0 spiro atoms. The third-order valence-electron chi connectivity index (χ3n) is 5.89. The maximum atomic E-state index is 13.0. The van der Waals surface area contributed by atoms with E-state index in [1.807, 2.05) is 47.4 Å². The zero-order chi connectivity index (χ0) is 21.9. The first-order valence-corrected chi connectivity index (χ1v) is 11.3. The number of piperazine rings is 1. The highest BCUT2D eigenvalue weighted by molar-refractivity contribution is 6.31. The first kappa shape index (κ1) is 20.8. The van der Waals surface area contributed by atoms with Crippen molar-refractivity contribution >= 4 is 23.3 Å². The molecule has 2 aromatic carbocycles. The quantitative estimate of drug-likeness (QED) is 0.622. The number of carbonyl (C=O) groups is 1. The van der Waals surface area contributed by atoms with E-state index in [9.17, 15) is 4.79 Å². The van der Waals surface area contributed by atoms with Crippen molar-refractivity contribution in [3.8, 4) is 16.9 Å². The Kier molecular flexibility index (Phi) is 5.97. The van der Waals surface area contributed by atoms with E-state index in [1.54, 1.807) is 6.20 Å². The van der Waals surface area contributed by atoms with Crippen molar-refractivity contribution in [1.29, 1.82) is 0 Å². The normalized spacial score (nSPS) is 17.5. The zero-order valence-corrected chi connectivity index (χ0v) is 18.4. The van der Waals surface area contributed by atoms with Gasteiger partial charge in [-0.25, -0.2) is 4.98 Å². The van der Waals surface area contributed by atoms with Crippen LogP contribution in [0.4, 0.5) is 5.82 Å². The first-order chi connectivity index (χ1) is 15.7. The van der Waals surface area contributed by atoms with E-state index >= 15 is 0 Å². The largest absolute Gasteiger partial charge is 0.479 e. The molecule has 0 saturated carbocycles. The molecule has 3 aromatic rings. The second kappa shape index (κ2) is 9.18. The fourth-order valence-corrected chi connectivity index (χ4v) is 4.49. The summed E-state index contributed by atoms with van der Waals surface area (Å²) in [5.74, 6) is 1.55. The van der Waals surface area contributed by atoms with E-state index in [-0.39, 0.29) is 5.91 Å². The molecule has 1 saturated heterocycles. The Balaban J connectivity index is 1.37. The first-order valence-electron chi connectivity index (χ1n) is 10.9. The molecule has 1 amide bonds. The molecule has 2 aliphatic rings. The van der Waals surface area contributed by atoms with E-state index in [4.69, 9.17) is 16.3 Å². The number of amides is 1. The second-order valence-corrected chi connectivity index (χ2v) is 8.53. The highest BCUT2D eigenvalue weighted by atomic mass is 35.5. The average molecular weight is 449 g/mol. The fraction of sp³-hybridized carbons (Fsp3) is 0.280. The number of ether oxygens (including phenoxy) is 1. The number of anilines is 1. The molecule has 164 valence electrons. The van der Waals surface area contributed by atoms with Crippen LogP contribution >= 0.6 is 11.6 Å². The van der Waals surface area contributed by atoms with Crippen molar-refractivity contribution in [1.82, 2.24) is 15.2 Å². The number of carbonyl (C=O) groups excluding carboxylic acids is 1. The van der Waals surface area contributed by atoms with E-state index in [0.717, 1.165) is 41.3 Å². The summed E-state index contributed by atoms with van der Waals surface area (Å²) in [4.78, 5) is 19.3. The van der Waals surface area contributed by atoms with Crippen LogP contribution in [0.25, 0.3) is 11.1 Å². The van der Waals surface area contributed by atoms with E-state index in [2.05, 4.69) is 27.8 Å². The highest BCUT2D eigenvalue weighted by Gasteiger charge is 2.34. The number of hydrogen-bond acceptors (Lipinski definition) is 5. The molecule has 1 unspecified atom stereocenters. The van der Waals surface area contributed by atoms with Gasteiger partial charge in [0.15, 0.2) is 6.10 Å². The third kappa shape index (κ3) is 4.42. The highest BCUT2D eigenvalue weighted by Crippen LogP contribution is 2.41. The average Bonchev–Trinajstić information content (AvgIpc) is 3.27. The van der Waals surface area contributed by atoms with Gasteiger partial charge in [0.2, 0.25) is 0 Å². The van der Waals surface area contributed by atoms with Crippen LogP contribution in [0.5, 0.6) is 5.75 Å². The van der Waals surface area contributed by atoms with Gasteiger partial charge in [0, 0.05) is 61.5 Å². The van der Waals surface area contributed by atoms with Crippen molar-refractivity contribution in [3.63, 3.8) is 0 Å². The van der Waals surface area contributed by atoms with Crippen LogP contribution in [0.1, 0.15) is 11.1 Å². The van der Waals surface area contributed by atoms with E-state index in [1.165, 1.54) is 5.56 Å². The van der Waals surface area contributed by atoms with Gasteiger partial charge < -0.3 is 20.3 Å². The number of aromatic nitrogens is 1. The van der Waals surface area contributed by atoms with Crippen LogP contribution < -0.4 is 15.4 Å². The lowest BCUT2D eigenvalue weighted by Gasteiger charge is -2.29. The molecule has 6 nitrogen and oxygen atoms in total. The van der Waals surface area contributed by atoms with Gasteiger partial charge in [0.25, 0.3) is 5.91 Å². The second-order valence-electron chi connectivity index (χ2n) is 8.10. The van der Waals surface area contributed by atoms with Gasteiger partial charge in [-0.05, 0) is 35.4 Å². The Morgan fingerprint density at radius 1 is 1.16 bits per heavy atom. The van der Waals surface area contributed by atoms with Crippen LogP contribution in [0, 0.1) is 0 Å². The van der Waals surface area contributed by atoms with Gasteiger partial charge in [-0.2, -0.15) is 0 Å². The number of fused-ring (bicyclic) bond motifs is 1. The standard InChI is InChI=1S/C25H25ClN4O2/c26-20-12-19-13-22(25(31)30-10-8-27-9-11-30)32-24(19)21(15-20)18-6-7-28-23(14-18)29-16-17-4-2-1-3-5-17/h1-7,12,14-15,22,27H,8-11,13,16H2,(H,28,29). The summed E-state index contributed by atoms with van der Waals surface area (Å²) in [7, 11) is 0. The lowest BCUT2D eigenvalue weighted by molar-refractivity contribution is -0.138. The summed E-state index contributed by atoms with van der Waals surface area (Å²) in [5.41, 5.74) is 3.98. The predicted molar refractivity (Wildman–Crippen MR) is 126 cm³/mol. The van der Waals surface area contributed by atoms with Gasteiger partial charge in [0.1, 0.15) is 11.6 Å². The Hall–Kier alpha value is -3.09. The Morgan fingerprint density at radius 2 is 1.97 bits per heavy atom. The fourth-order valence-electron chi connectivity index (χ4n) is 4.25. The van der Waals surface area contributed by atoms with Crippen LogP contribution in [0.15, 0.2) is 60.8 Å². The van der Waals surface area contributed by atoms with Crippen molar-refractivity contribution in [2.24, 2.45) is 0 Å². The molecule has 1 fully saturated rings. The number of rotatable bonds is 5. The molecule has 2 aliphatic heterocycles. The Morgan fingerprint density at radius 3 is 2.78 bits per heavy atom. The molecule has 7 heteroatoms. The Bertz CT molecular complexity index is 1120. The molecule has 0 aliphatic carbocycles. The van der Waals surface area contributed by atoms with Crippen LogP contribution in [-0.4, -0.2) is 48.1 Å². The van der Waals surface area contributed by atoms with E-state index < -0.39 is 6.10 Å². The van der Waals surface area contributed by atoms with Gasteiger partial charge in [-0.15, -0.1) is 0 Å². The minimum Gasteiger partial charge on any atom is -0.479 e. The molecule has 1 aromatic heterocycles. The van der Waals surface area contributed by atoms with Crippen molar-refractivity contribution in [2.45, 2.75) is 19.1 Å². The number of nitrogens with one attached hydrogen (secondary N) is 2. The predicted octanol–water partition coefficient (Wildman–Crippen LogP) is 3.75. The van der Waals surface area contributed by atoms with Crippen molar-refractivity contribution in [3.05, 3.63) is 76.9 Å². The molecule has 32 heavy (non-hydrogen) atoms. The molecule has 0 bridgehead atoms. The van der Waals surface area contributed by atoms with Crippen LogP contribution in [0.2, 0.25) is 5.02 Å². The minimum atomic E-state index is -0.502. The molecular formula is C25H25ClN4O2. The maximum absolute atomic E-state index is 13.0. The van der Waals surface area contributed by atoms with Crippen molar-refractivity contribution in [2.75, 3.05) is 31.5 Å². The lowest BCUT2D eigenvalue weighted by Crippen LogP contribution is -2.50. The number of pyridine rings is 1. The molecule has 1 atom stereocenters.